The van der Waals surface area contributed by atoms with Crippen molar-refractivity contribution < 1.29 is 33.4 Å². The standard InChI is InChI=1S/C28H60NO6P/c1-23(2)12-9-13-24(3)14-10-15-25(4)16-11-17-26(5)18-19-34-28(20-29(6,7)8)36(32,33)35-22-27(31)21-30/h23-28,30-31H,9-22H2,1-8H3/p+1. The van der Waals surface area contributed by atoms with Crippen LogP contribution in [0.2, 0.25) is 0 Å². The van der Waals surface area contributed by atoms with Gasteiger partial charge in [0.25, 0.3) is 0 Å². The number of hydrogen-bond acceptors (Lipinski definition) is 5. The van der Waals surface area contributed by atoms with Crippen molar-refractivity contribution in [3.05, 3.63) is 0 Å². The monoisotopic (exact) mass is 538 g/mol. The summed E-state index contributed by atoms with van der Waals surface area (Å²) in [6, 6.07) is 0. The van der Waals surface area contributed by atoms with Crippen LogP contribution in [0.3, 0.4) is 0 Å². The van der Waals surface area contributed by atoms with Crippen molar-refractivity contribution in [3.63, 3.8) is 0 Å². The Labute approximate surface area is 223 Å². The molecule has 218 valence electrons. The molecule has 0 aromatic heterocycles. The summed E-state index contributed by atoms with van der Waals surface area (Å²) < 4.78 is 24.1. The molecular formula is C28H61NO6P+. The lowest BCUT2D eigenvalue weighted by atomic mass is 9.91. The second-order valence-corrected chi connectivity index (χ2v) is 14.7. The van der Waals surface area contributed by atoms with E-state index in [0.717, 1.165) is 30.6 Å². The maximum absolute atomic E-state index is 12.7. The molecule has 0 rings (SSSR count). The van der Waals surface area contributed by atoms with Gasteiger partial charge in [0.2, 0.25) is 5.85 Å². The third kappa shape index (κ3) is 20.0. The molecule has 0 saturated carbocycles. The molecule has 0 fully saturated rings. The van der Waals surface area contributed by atoms with Crippen LogP contribution in [0.5, 0.6) is 0 Å². The van der Waals surface area contributed by atoms with Gasteiger partial charge < -0.3 is 28.9 Å². The maximum Gasteiger partial charge on any atom is 0.362 e. The van der Waals surface area contributed by atoms with E-state index in [9.17, 15) is 14.6 Å². The van der Waals surface area contributed by atoms with Crippen molar-refractivity contribution in [2.24, 2.45) is 23.7 Å². The fourth-order valence-electron chi connectivity index (χ4n) is 4.39. The highest BCUT2D eigenvalue weighted by atomic mass is 31.2. The number of ether oxygens (including phenoxy) is 1. The van der Waals surface area contributed by atoms with Crippen LogP contribution in [-0.4, -0.2) is 79.0 Å². The predicted molar refractivity (Wildman–Crippen MR) is 150 cm³/mol. The number of aliphatic hydroxyl groups is 2. The molecule has 7 nitrogen and oxygen atoms in total. The zero-order valence-electron chi connectivity index (χ0n) is 24.8. The van der Waals surface area contributed by atoms with E-state index < -0.39 is 32.8 Å². The fraction of sp³-hybridized carbons (Fsp3) is 1.00. The van der Waals surface area contributed by atoms with Crippen LogP contribution < -0.4 is 0 Å². The van der Waals surface area contributed by atoms with Crippen molar-refractivity contribution in [2.45, 2.75) is 111 Å². The first-order valence-electron chi connectivity index (χ1n) is 14.3. The van der Waals surface area contributed by atoms with Gasteiger partial charge in [-0.05, 0) is 30.1 Å². The molecule has 8 heteroatoms. The molecule has 6 unspecified atom stereocenters. The molecule has 36 heavy (non-hydrogen) atoms. The summed E-state index contributed by atoms with van der Waals surface area (Å²) in [5.41, 5.74) is 0. The second kappa shape index (κ2) is 19.1. The minimum atomic E-state index is -4.10. The van der Waals surface area contributed by atoms with Gasteiger partial charge in [0, 0.05) is 6.61 Å². The molecule has 0 radical (unpaired) electrons. The minimum Gasteiger partial charge on any atom is -0.394 e. The molecule has 0 spiro atoms. The molecule has 0 aliphatic rings. The molecule has 3 N–H and O–H groups in total. The zero-order valence-corrected chi connectivity index (χ0v) is 25.7. The average molecular weight is 539 g/mol. The molecule has 0 amide bonds. The molecule has 0 aromatic carbocycles. The van der Waals surface area contributed by atoms with Crippen molar-refractivity contribution in [1.29, 1.82) is 0 Å². The third-order valence-corrected chi connectivity index (χ3v) is 8.48. The van der Waals surface area contributed by atoms with Crippen LogP contribution in [0, 0.1) is 23.7 Å². The Morgan fingerprint density at radius 3 is 1.64 bits per heavy atom. The number of hydrogen-bond donors (Lipinski definition) is 3. The Morgan fingerprint density at radius 1 is 0.778 bits per heavy atom. The third-order valence-electron chi connectivity index (χ3n) is 6.92. The molecule has 0 aliphatic heterocycles. The van der Waals surface area contributed by atoms with Crippen LogP contribution in [0.1, 0.15) is 98.8 Å². The van der Waals surface area contributed by atoms with Gasteiger partial charge in [0.1, 0.15) is 12.6 Å². The van der Waals surface area contributed by atoms with E-state index in [0.29, 0.717) is 23.6 Å². The van der Waals surface area contributed by atoms with Gasteiger partial charge in [0.15, 0.2) is 0 Å². The zero-order chi connectivity index (χ0) is 27.8. The molecular weight excluding hydrogens is 477 g/mol. The van der Waals surface area contributed by atoms with Crippen LogP contribution in [0.15, 0.2) is 0 Å². The summed E-state index contributed by atoms with van der Waals surface area (Å²) in [5, 5.41) is 18.4. The largest absolute Gasteiger partial charge is 0.394 e. The summed E-state index contributed by atoms with van der Waals surface area (Å²) >= 11 is 0. The van der Waals surface area contributed by atoms with Gasteiger partial charge in [0.05, 0.1) is 34.4 Å². The van der Waals surface area contributed by atoms with Crippen molar-refractivity contribution >= 4 is 7.60 Å². The van der Waals surface area contributed by atoms with Gasteiger partial charge in [-0.3, -0.25) is 4.57 Å². The molecule has 0 bridgehead atoms. The lowest BCUT2D eigenvalue weighted by Crippen LogP contribution is -2.42. The normalized spacial score (nSPS) is 18.6. The molecule has 0 aromatic rings. The number of likely N-dealkylation sites (N-methyl/N-ethyl adjacent to an activating group) is 1. The lowest BCUT2D eigenvalue weighted by molar-refractivity contribution is -0.872. The number of aliphatic hydroxyl groups excluding tert-OH is 2. The van der Waals surface area contributed by atoms with Crippen LogP contribution in [0.4, 0.5) is 0 Å². The van der Waals surface area contributed by atoms with Crippen molar-refractivity contribution in [3.8, 4) is 0 Å². The van der Waals surface area contributed by atoms with Crippen LogP contribution >= 0.6 is 7.60 Å². The predicted octanol–water partition coefficient (Wildman–Crippen LogP) is 6.06. The van der Waals surface area contributed by atoms with E-state index in [1.165, 1.54) is 51.4 Å². The Morgan fingerprint density at radius 2 is 1.22 bits per heavy atom. The van der Waals surface area contributed by atoms with Crippen LogP contribution in [0.25, 0.3) is 0 Å². The Balaban J connectivity index is 4.26. The van der Waals surface area contributed by atoms with E-state index in [4.69, 9.17) is 14.4 Å². The summed E-state index contributed by atoms with van der Waals surface area (Å²) in [7, 11) is 1.68. The van der Waals surface area contributed by atoms with Gasteiger partial charge in [-0.15, -0.1) is 0 Å². The fourth-order valence-corrected chi connectivity index (χ4v) is 5.93. The first-order valence-corrected chi connectivity index (χ1v) is 16.0. The molecule has 0 aliphatic carbocycles. The van der Waals surface area contributed by atoms with Gasteiger partial charge in [-0.2, -0.15) is 0 Å². The first-order chi connectivity index (χ1) is 16.7. The van der Waals surface area contributed by atoms with Gasteiger partial charge >= 0.3 is 7.60 Å². The maximum atomic E-state index is 12.7. The SMILES string of the molecule is CC(C)CCCC(C)CCCC(C)CCCC(C)CCOC(C[N+](C)(C)C)P(=O)(O)OCC(O)CO. The Hall–Kier alpha value is -0.0100. The van der Waals surface area contributed by atoms with E-state index in [2.05, 4.69) is 34.6 Å². The summed E-state index contributed by atoms with van der Waals surface area (Å²) in [4.78, 5) is 10.4. The van der Waals surface area contributed by atoms with E-state index in [1.807, 2.05) is 21.1 Å². The highest BCUT2D eigenvalue weighted by molar-refractivity contribution is 7.53. The summed E-state index contributed by atoms with van der Waals surface area (Å²) in [6.45, 7) is 11.4. The summed E-state index contributed by atoms with van der Waals surface area (Å²) in [5.74, 6) is 1.94. The average Bonchev–Trinajstić information content (AvgIpc) is 2.75. The second-order valence-electron chi connectivity index (χ2n) is 12.8. The van der Waals surface area contributed by atoms with Crippen molar-refractivity contribution in [2.75, 3.05) is 47.5 Å². The van der Waals surface area contributed by atoms with Gasteiger partial charge in [-0.1, -0.05) is 92.4 Å². The van der Waals surface area contributed by atoms with E-state index in [1.54, 1.807) is 0 Å². The lowest BCUT2D eigenvalue weighted by Gasteiger charge is -2.31. The molecule has 0 heterocycles. The van der Waals surface area contributed by atoms with E-state index in [-0.39, 0.29) is 0 Å². The smallest absolute Gasteiger partial charge is 0.362 e. The molecule has 0 saturated heterocycles. The summed E-state index contributed by atoms with van der Waals surface area (Å²) in [6.07, 6.45) is 11.3. The highest BCUT2D eigenvalue weighted by Crippen LogP contribution is 2.48. The Kier molecular flexibility index (Phi) is 19.1. The first kappa shape index (κ1) is 36.0. The minimum absolute atomic E-state index is 0.311. The number of quaternary nitrogens is 1. The molecule has 6 atom stereocenters. The number of nitrogens with zero attached hydrogens (tertiary/aromatic N) is 1. The number of rotatable bonds is 23. The highest BCUT2D eigenvalue weighted by Gasteiger charge is 2.38. The van der Waals surface area contributed by atoms with E-state index >= 15 is 0 Å². The van der Waals surface area contributed by atoms with Crippen molar-refractivity contribution in [1.82, 2.24) is 0 Å². The van der Waals surface area contributed by atoms with Gasteiger partial charge in [-0.25, -0.2) is 0 Å². The van der Waals surface area contributed by atoms with Crippen LogP contribution in [-0.2, 0) is 13.8 Å². The quantitative estimate of drug-likeness (QED) is 0.108. The topological polar surface area (TPSA) is 96.2 Å². The Bertz CT molecular complexity index is 583.